The summed E-state index contributed by atoms with van der Waals surface area (Å²) in [5.74, 6) is 0.954. The van der Waals surface area contributed by atoms with Crippen LogP contribution in [-0.2, 0) is 21.2 Å². The number of hydrogen-bond acceptors (Lipinski definition) is 4. The second-order valence-corrected chi connectivity index (χ2v) is 10.1. The highest BCUT2D eigenvalue weighted by Crippen LogP contribution is 2.32. The van der Waals surface area contributed by atoms with Crippen molar-refractivity contribution in [2.75, 3.05) is 19.6 Å². The third-order valence-electron chi connectivity index (χ3n) is 6.19. The summed E-state index contributed by atoms with van der Waals surface area (Å²) in [6, 6.07) is 14.8. The van der Waals surface area contributed by atoms with Crippen molar-refractivity contribution in [1.29, 1.82) is 0 Å². The Morgan fingerprint density at radius 2 is 1.84 bits per heavy atom. The number of fused-ring (bicyclic) bond motifs is 1. The van der Waals surface area contributed by atoms with E-state index in [1.807, 2.05) is 55.1 Å². The molecular formula is C24H30N4O3S. The van der Waals surface area contributed by atoms with Gasteiger partial charge in [0.1, 0.15) is 5.82 Å². The highest BCUT2D eigenvalue weighted by molar-refractivity contribution is 7.89. The molecule has 8 heteroatoms. The molecule has 1 aliphatic rings. The van der Waals surface area contributed by atoms with Crippen molar-refractivity contribution in [3.05, 3.63) is 59.9 Å². The van der Waals surface area contributed by atoms with Crippen molar-refractivity contribution < 1.29 is 13.2 Å². The normalized spacial score (nSPS) is 16.8. The minimum Gasteiger partial charge on any atom is -0.340 e. The quantitative estimate of drug-likeness (QED) is 0.559. The summed E-state index contributed by atoms with van der Waals surface area (Å²) in [5.41, 5.74) is 2.86. The van der Waals surface area contributed by atoms with E-state index in [9.17, 15) is 13.2 Å². The maximum absolute atomic E-state index is 13.0. The van der Waals surface area contributed by atoms with Crippen molar-refractivity contribution >= 4 is 27.0 Å². The van der Waals surface area contributed by atoms with Crippen LogP contribution in [-0.4, -0.2) is 53.1 Å². The number of hydrogen-bond donors (Lipinski definition) is 1. The molecule has 0 bridgehead atoms. The minimum absolute atomic E-state index is 0.0171. The number of carbonyl (C=O) groups is 1. The Balaban J connectivity index is 1.41. The number of likely N-dealkylation sites (tertiary alicyclic amines) is 1. The number of nitrogens with one attached hydrogen (secondary N) is 1. The zero-order chi connectivity index (χ0) is 22.7. The van der Waals surface area contributed by atoms with Crippen molar-refractivity contribution in [3.63, 3.8) is 0 Å². The Morgan fingerprint density at radius 1 is 1.12 bits per heavy atom. The highest BCUT2D eigenvalue weighted by Gasteiger charge is 2.31. The van der Waals surface area contributed by atoms with Gasteiger partial charge in [0.25, 0.3) is 0 Å². The first-order valence-corrected chi connectivity index (χ1v) is 12.7. The Morgan fingerprint density at radius 3 is 2.53 bits per heavy atom. The van der Waals surface area contributed by atoms with Gasteiger partial charge in [0.2, 0.25) is 15.9 Å². The van der Waals surface area contributed by atoms with Crippen molar-refractivity contribution in [1.82, 2.24) is 19.2 Å². The van der Waals surface area contributed by atoms with Gasteiger partial charge in [-0.15, -0.1) is 0 Å². The van der Waals surface area contributed by atoms with Gasteiger partial charge in [0.15, 0.2) is 0 Å². The van der Waals surface area contributed by atoms with Gasteiger partial charge in [-0.05, 0) is 49.1 Å². The lowest BCUT2D eigenvalue weighted by Gasteiger charge is -2.23. The van der Waals surface area contributed by atoms with E-state index >= 15 is 0 Å². The molecule has 0 unspecified atom stereocenters. The van der Waals surface area contributed by atoms with E-state index in [4.69, 9.17) is 4.98 Å². The van der Waals surface area contributed by atoms with Crippen LogP contribution in [0.3, 0.4) is 0 Å². The molecule has 1 aliphatic heterocycles. The van der Waals surface area contributed by atoms with Gasteiger partial charge in [-0.3, -0.25) is 4.79 Å². The zero-order valence-corrected chi connectivity index (χ0v) is 19.4. The van der Waals surface area contributed by atoms with E-state index in [-0.39, 0.29) is 11.9 Å². The van der Waals surface area contributed by atoms with Crippen LogP contribution in [0.4, 0.5) is 0 Å². The lowest BCUT2D eigenvalue weighted by Crippen LogP contribution is -2.31. The zero-order valence-electron chi connectivity index (χ0n) is 18.6. The average molecular weight is 455 g/mol. The van der Waals surface area contributed by atoms with Crippen LogP contribution in [0.5, 0.6) is 0 Å². The molecule has 0 radical (unpaired) electrons. The fourth-order valence-electron chi connectivity index (χ4n) is 4.42. The highest BCUT2D eigenvalue weighted by atomic mass is 32.2. The summed E-state index contributed by atoms with van der Waals surface area (Å²) in [6.45, 7) is 5.28. The summed E-state index contributed by atoms with van der Waals surface area (Å²) in [5, 5.41) is 0. The molecule has 7 nitrogen and oxygen atoms in total. The smallest absolute Gasteiger partial charge is 0.243 e. The van der Waals surface area contributed by atoms with Crippen LogP contribution in [0.25, 0.3) is 11.0 Å². The summed E-state index contributed by atoms with van der Waals surface area (Å²) in [6.07, 6.45) is 2.83. The molecule has 170 valence electrons. The van der Waals surface area contributed by atoms with Gasteiger partial charge in [0, 0.05) is 26.1 Å². The van der Waals surface area contributed by atoms with E-state index < -0.39 is 10.0 Å². The van der Waals surface area contributed by atoms with E-state index in [1.165, 1.54) is 4.31 Å². The molecule has 2 heterocycles. The monoisotopic (exact) mass is 454 g/mol. The third-order valence-corrected chi connectivity index (χ3v) is 8.25. The summed E-state index contributed by atoms with van der Waals surface area (Å²) in [4.78, 5) is 23.3. The van der Waals surface area contributed by atoms with Gasteiger partial charge < -0.3 is 9.88 Å². The van der Waals surface area contributed by atoms with Crippen LogP contribution >= 0.6 is 0 Å². The van der Waals surface area contributed by atoms with Gasteiger partial charge in [0.05, 0.1) is 22.0 Å². The van der Waals surface area contributed by atoms with Crippen molar-refractivity contribution in [2.24, 2.45) is 0 Å². The molecular weight excluding hydrogens is 424 g/mol. The Bertz CT molecular complexity index is 1150. The van der Waals surface area contributed by atoms with Gasteiger partial charge in [-0.25, -0.2) is 13.4 Å². The number of sulfonamides is 1. The summed E-state index contributed by atoms with van der Waals surface area (Å²) < 4.78 is 26.7. The molecule has 0 spiro atoms. The molecule has 2 aromatic carbocycles. The maximum atomic E-state index is 13.0. The van der Waals surface area contributed by atoms with E-state index in [1.54, 1.807) is 12.1 Å². The Labute approximate surface area is 189 Å². The number of amides is 1. The lowest BCUT2D eigenvalue weighted by molar-refractivity contribution is -0.132. The van der Waals surface area contributed by atoms with Gasteiger partial charge >= 0.3 is 0 Å². The predicted molar refractivity (Wildman–Crippen MR) is 125 cm³/mol. The summed E-state index contributed by atoms with van der Waals surface area (Å²) in [7, 11) is -3.46. The Hall–Kier alpha value is -2.71. The molecule has 1 saturated heterocycles. The number of aromatic nitrogens is 2. The molecule has 1 aromatic heterocycles. The fourth-order valence-corrected chi connectivity index (χ4v) is 5.87. The molecule has 4 rings (SSSR count). The second kappa shape index (κ2) is 9.42. The molecule has 0 saturated carbocycles. The number of para-hydroxylation sites is 2. The second-order valence-electron chi connectivity index (χ2n) is 8.12. The first kappa shape index (κ1) is 22.5. The lowest BCUT2D eigenvalue weighted by atomic mass is 10.1. The molecule has 0 aliphatic carbocycles. The van der Waals surface area contributed by atoms with Crippen LogP contribution in [0.1, 0.15) is 50.5 Å². The largest absolute Gasteiger partial charge is 0.340 e. The van der Waals surface area contributed by atoms with E-state index in [0.717, 1.165) is 41.8 Å². The SMILES string of the molecule is CCN(CC)S(=O)(=O)c1ccc(CCC(=O)N2CCC[C@H]2c2nc3ccccc3[nH]2)cc1. The molecule has 1 amide bonds. The van der Waals surface area contributed by atoms with Crippen LogP contribution < -0.4 is 0 Å². The summed E-state index contributed by atoms with van der Waals surface area (Å²) >= 11 is 0. The topological polar surface area (TPSA) is 86.4 Å². The molecule has 1 fully saturated rings. The van der Waals surface area contributed by atoms with Gasteiger partial charge in [-0.1, -0.05) is 38.1 Å². The fraction of sp³-hybridized carbons (Fsp3) is 0.417. The number of nitrogens with zero attached hydrogens (tertiary/aromatic N) is 3. The number of benzene rings is 2. The first-order valence-electron chi connectivity index (χ1n) is 11.3. The minimum atomic E-state index is -3.46. The molecule has 32 heavy (non-hydrogen) atoms. The van der Waals surface area contributed by atoms with Crippen LogP contribution in [0.15, 0.2) is 53.4 Å². The standard InChI is InChI=1S/C24H30N4O3S/c1-3-27(4-2)32(30,31)19-14-11-18(12-15-19)13-16-23(29)28-17-7-10-22(28)24-25-20-8-5-6-9-21(20)26-24/h5-6,8-9,11-12,14-15,22H,3-4,7,10,13,16-17H2,1-2H3,(H,25,26)/t22-/m0/s1. The average Bonchev–Trinajstić information content (AvgIpc) is 3.45. The van der Waals surface area contributed by atoms with Crippen LogP contribution in [0, 0.1) is 0 Å². The molecule has 1 N–H and O–H groups in total. The van der Waals surface area contributed by atoms with Gasteiger partial charge in [-0.2, -0.15) is 4.31 Å². The predicted octanol–water partition coefficient (Wildman–Crippen LogP) is 3.89. The maximum Gasteiger partial charge on any atom is 0.243 e. The molecule has 1 atom stereocenters. The van der Waals surface area contributed by atoms with Crippen molar-refractivity contribution in [3.8, 4) is 0 Å². The number of carbonyl (C=O) groups excluding carboxylic acids is 1. The first-order chi connectivity index (χ1) is 15.4. The number of H-pyrrole nitrogens is 1. The number of rotatable bonds is 8. The Kier molecular flexibility index (Phi) is 6.62. The van der Waals surface area contributed by atoms with Crippen LogP contribution in [0.2, 0.25) is 0 Å². The number of imidazole rings is 1. The molecule has 3 aromatic rings. The van der Waals surface area contributed by atoms with Crippen molar-refractivity contribution in [2.45, 2.75) is 50.5 Å². The number of aryl methyl sites for hydroxylation is 1. The number of aromatic amines is 1. The van der Waals surface area contributed by atoms with E-state index in [2.05, 4.69) is 4.98 Å². The van der Waals surface area contributed by atoms with E-state index in [0.29, 0.717) is 30.8 Å². The third kappa shape index (κ3) is 4.42.